The Bertz CT molecular complexity index is 969. The van der Waals surface area contributed by atoms with E-state index in [1.807, 2.05) is 35.0 Å². The first kappa shape index (κ1) is 22.6. The third kappa shape index (κ3) is 5.35. The normalized spacial score (nSPS) is 14.4. The lowest BCUT2D eigenvalue weighted by Gasteiger charge is -2.15. The molecule has 3 rings (SSSR count). The number of halogens is 1. The molecule has 9 heteroatoms. The minimum Gasteiger partial charge on any atom is -0.381 e. The summed E-state index contributed by atoms with van der Waals surface area (Å²) in [4.78, 5) is 4.39. The average molecular weight is 500 g/mol. The molecule has 2 N–H and O–H groups in total. The van der Waals surface area contributed by atoms with Crippen molar-refractivity contribution in [3.05, 3.63) is 50.5 Å². The Kier molecular flexibility index (Phi) is 7.31. The third-order valence-corrected chi connectivity index (χ3v) is 8.17. The molecule has 0 aliphatic carbocycles. The van der Waals surface area contributed by atoms with Crippen molar-refractivity contribution < 1.29 is 19.7 Å². The topological polar surface area (TPSA) is 76.7 Å². The number of thiazole rings is 1. The fraction of sp³-hybridized carbons (Fsp3) is 0.450. The van der Waals surface area contributed by atoms with Crippen LogP contribution in [0.5, 0.6) is 0 Å². The van der Waals surface area contributed by atoms with E-state index in [9.17, 15) is 10.2 Å². The van der Waals surface area contributed by atoms with Gasteiger partial charge in [-0.05, 0) is 28.0 Å². The maximum atomic E-state index is 11.0. The van der Waals surface area contributed by atoms with Crippen LogP contribution < -0.4 is 0 Å². The Hall–Kier alpha value is -1.07. The minimum absolute atomic E-state index is 0.366. The van der Waals surface area contributed by atoms with Crippen LogP contribution in [0.15, 0.2) is 34.2 Å². The quantitative estimate of drug-likeness (QED) is 0.249. The van der Waals surface area contributed by atoms with Crippen LogP contribution in [-0.2, 0) is 16.2 Å². The van der Waals surface area contributed by atoms with Gasteiger partial charge in [0.2, 0.25) is 0 Å². The van der Waals surface area contributed by atoms with Gasteiger partial charge in [-0.1, -0.05) is 37.8 Å². The number of ether oxygens (including phenoxy) is 2. The standard InChI is InChI=1S/C20H27BrN2O4SSi/c1-26-20(25)16-18(21)28-19(22-16)17(24)14-11-23(12-27-9-10-29(2,3)4)15-8-6-5-7-13(14)15/h5-8,11,17,20,24-25H,9-10,12H2,1-4H3. The summed E-state index contributed by atoms with van der Waals surface area (Å²) in [6.07, 6.45) is -0.129. The van der Waals surface area contributed by atoms with E-state index in [1.165, 1.54) is 18.4 Å². The third-order valence-electron chi connectivity index (χ3n) is 4.66. The molecule has 1 aromatic carbocycles. The summed E-state index contributed by atoms with van der Waals surface area (Å²) >= 11 is 4.68. The predicted octanol–water partition coefficient (Wildman–Crippen LogP) is 4.89. The summed E-state index contributed by atoms with van der Waals surface area (Å²) in [6.45, 7) is 8.16. The van der Waals surface area contributed by atoms with Crippen LogP contribution in [0.1, 0.15) is 28.7 Å². The highest BCUT2D eigenvalue weighted by molar-refractivity contribution is 9.11. The van der Waals surface area contributed by atoms with Gasteiger partial charge in [0.05, 0.1) is 9.30 Å². The van der Waals surface area contributed by atoms with Gasteiger partial charge in [0, 0.05) is 38.9 Å². The summed E-state index contributed by atoms with van der Waals surface area (Å²) in [5, 5.41) is 22.4. The molecule has 0 amide bonds. The zero-order valence-corrected chi connectivity index (χ0v) is 20.5. The molecular weight excluding hydrogens is 472 g/mol. The molecule has 0 aliphatic heterocycles. The lowest BCUT2D eigenvalue weighted by atomic mass is 10.1. The molecule has 2 atom stereocenters. The Balaban J connectivity index is 1.86. The highest BCUT2D eigenvalue weighted by Gasteiger charge is 2.24. The summed E-state index contributed by atoms with van der Waals surface area (Å²) in [5.41, 5.74) is 2.13. The number of hydrogen-bond donors (Lipinski definition) is 2. The van der Waals surface area contributed by atoms with Crippen molar-refractivity contribution in [2.75, 3.05) is 13.7 Å². The van der Waals surface area contributed by atoms with Crippen LogP contribution in [0.25, 0.3) is 10.9 Å². The Labute approximate surface area is 184 Å². The van der Waals surface area contributed by atoms with Crippen molar-refractivity contribution >= 4 is 46.2 Å². The van der Waals surface area contributed by atoms with Crippen molar-refractivity contribution in [2.45, 2.75) is 44.8 Å². The van der Waals surface area contributed by atoms with Gasteiger partial charge in [0.25, 0.3) is 0 Å². The second kappa shape index (κ2) is 9.38. The zero-order valence-electron chi connectivity index (χ0n) is 17.1. The van der Waals surface area contributed by atoms with Crippen LogP contribution in [-0.4, -0.2) is 41.6 Å². The summed E-state index contributed by atoms with van der Waals surface area (Å²) in [7, 11) is 0.267. The maximum absolute atomic E-state index is 11.0. The lowest BCUT2D eigenvalue weighted by Crippen LogP contribution is -2.21. The van der Waals surface area contributed by atoms with Crippen LogP contribution in [0.2, 0.25) is 25.7 Å². The zero-order chi connectivity index (χ0) is 21.2. The number of nitrogens with zero attached hydrogens (tertiary/aromatic N) is 2. The number of benzene rings is 1. The number of para-hydroxylation sites is 1. The van der Waals surface area contributed by atoms with Crippen LogP contribution in [0, 0.1) is 0 Å². The van der Waals surface area contributed by atoms with Gasteiger partial charge in [-0.25, -0.2) is 4.98 Å². The first-order valence-electron chi connectivity index (χ1n) is 9.42. The number of methoxy groups -OCH3 is 1. The van der Waals surface area contributed by atoms with Crippen molar-refractivity contribution in [3.63, 3.8) is 0 Å². The number of aliphatic hydroxyl groups is 2. The summed E-state index contributed by atoms with van der Waals surface area (Å²) in [6, 6.07) is 9.04. The molecule has 0 bridgehead atoms. The highest BCUT2D eigenvalue weighted by Crippen LogP contribution is 2.37. The number of aliphatic hydroxyl groups excluding tert-OH is 2. The molecule has 0 radical (unpaired) electrons. The second-order valence-electron chi connectivity index (χ2n) is 8.12. The first-order chi connectivity index (χ1) is 13.7. The van der Waals surface area contributed by atoms with Gasteiger partial charge in [-0.2, -0.15) is 0 Å². The molecule has 2 heterocycles. The molecule has 29 heavy (non-hydrogen) atoms. The number of rotatable bonds is 9. The Morgan fingerprint density at radius 1 is 1.24 bits per heavy atom. The smallest absolute Gasteiger partial charge is 0.200 e. The maximum Gasteiger partial charge on any atom is 0.200 e. The van der Waals surface area contributed by atoms with E-state index in [-0.39, 0.29) is 0 Å². The molecule has 6 nitrogen and oxygen atoms in total. The molecule has 0 aliphatic rings. The van der Waals surface area contributed by atoms with Crippen LogP contribution in [0.3, 0.4) is 0 Å². The van der Waals surface area contributed by atoms with Gasteiger partial charge in [-0.3, -0.25) is 0 Å². The summed E-state index contributed by atoms with van der Waals surface area (Å²) in [5.74, 6) is 0. The van der Waals surface area contributed by atoms with Gasteiger partial charge >= 0.3 is 0 Å². The van der Waals surface area contributed by atoms with Crippen molar-refractivity contribution in [3.8, 4) is 0 Å². The van der Waals surface area contributed by atoms with Crippen LogP contribution >= 0.6 is 27.3 Å². The predicted molar refractivity (Wildman–Crippen MR) is 122 cm³/mol. The molecule has 0 spiro atoms. The number of fused-ring (bicyclic) bond motifs is 1. The van der Waals surface area contributed by atoms with E-state index in [2.05, 4.69) is 40.6 Å². The van der Waals surface area contributed by atoms with E-state index >= 15 is 0 Å². The molecule has 2 aromatic heterocycles. The summed E-state index contributed by atoms with van der Waals surface area (Å²) < 4.78 is 13.5. The van der Waals surface area contributed by atoms with Gasteiger partial charge in [0.15, 0.2) is 6.29 Å². The molecule has 0 fully saturated rings. The number of hydrogen-bond acceptors (Lipinski definition) is 6. The number of aromatic nitrogens is 2. The fourth-order valence-corrected chi connectivity index (χ4v) is 5.34. The Morgan fingerprint density at radius 2 is 1.97 bits per heavy atom. The minimum atomic E-state index is -1.14. The van der Waals surface area contributed by atoms with E-state index in [4.69, 9.17) is 9.47 Å². The lowest BCUT2D eigenvalue weighted by molar-refractivity contribution is -0.0801. The Morgan fingerprint density at radius 3 is 2.66 bits per heavy atom. The van der Waals surface area contributed by atoms with Crippen LogP contribution in [0.4, 0.5) is 0 Å². The van der Waals surface area contributed by atoms with Gasteiger partial charge in [0.1, 0.15) is 23.5 Å². The highest BCUT2D eigenvalue weighted by atomic mass is 79.9. The van der Waals surface area contributed by atoms with Crippen molar-refractivity contribution in [1.29, 1.82) is 0 Å². The van der Waals surface area contributed by atoms with E-state index in [1.54, 1.807) is 0 Å². The molecular formula is C20H27BrN2O4SSi. The fourth-order valence-electron chi connectivity index (χ4n) is 2.98. The molecule has 158 valence electrons. The van der Waals surface area contributed by atoms with Crippen molar-refractivity contribution in [1.82, 2.24) is 9.55 Å². The molecule has 3 aromatic rings. The SMILES string of the molecule is COC(O)c1nc(C(O)c2cn(COCC[Si](C)(C)C)c3ccccc23)sc1Br. The molecule has 0 saturated heterocycles. The van der Waals surface area contributed by atoms with Crippen molar-refractivity contribution in [2.24, 2.45) is 0 Å². The second-order valence-corrected chi connectivity index (χ2v) is 16.1. The van der Waals surface area contributed by atoms with Gasteiger partial charge < -0.3 is 24.3 Å². The molecule has 0 saturated carbocycles. The largest absolute Gasteiger partial charge is 0.381 e. The monoisotopic (exact) mass is 498 g/mol. The van der Waals surface area contributed by atoms with E-state index < -0.39 is 20.5 Å². The van der Waals surface area contributed by atoms with Gasteiger partial charge in [-0.15, -0.1) is 11.3 Å². The first-order valence-corrected chi connectivity index (χ1v) is 14.7. The average Bonchev–Trinajstić information content (AvgIpc) is 3.24. The molecule has 2 unspecified atom stereocenters. The van der Waals surface area contributed by atoms with E-state index in [0.29, 0.717) is 21.2 Å². The van der Waals surface area contributed by atoms with E-state index in [0.717, 1.165) is 29.1 Å².